The lowest BCUT2D eigenvalue weighted by Gasteiger charge is -2.12. The molecule has 1 heteroatoms. The molecule has 0 spiro atoms. The van der Waals surface area contributed by atoms with E-state index in [9.17, 15) is 0 Å². The summed E-state index contributed by atoms with van der Waals surface area (Å²) in [6.45, 7) is 0. The van der Waals surface area contributed by atoms with E-state index in [1.165, 1.54) is 27.3 Å². The third-order valence-corrected chi connectivity index (χ3v) is 4.18. The quantitative estimate of drug-likeness (QED) is 0.461. The summed E-state index contributed by atoms with van der Waals surface area (Å²) in [4.78, 5) is 0. The highest BCUT2D eigenvalue weighted by Crippen LogP contribution is 2.37. The Morgan fingerprint density at radius 1 is 0.545 bits per heavy atom. The zero-order valence-electron chi connectivity index (χ0n) is 12.4. The van der Waals surface area contributed by atoms with Crippen molar-refractivity contribution < 1.29 is 4.74 Å². The number of ether oxygens (including phenoxy) is 1. The van der Waals surface area contributed by atoms with Crippen molar-refractivity contribution in [1.82, 2.24) is 0 Å². The van der Waals surface area contributed by atoms with Crippen LogP contribution in [0.1, 0.15) is 0 Å². The minimum Gasteiger partial charge on any atom is -0.496 e. The predicted molar refractivity (Wildman–Crippen MR) is 93.4 cm³/mol. The van der Waals surface area contributed by atoms with Crippen molar-refractivity contribution in [3.05, 3.63) is 78.9 Å². The van der Waals surface area contributed by atoms with Crippen LogP contribution in [0.3, 0.4) is 0 Å². The van der Waals surface area contributed by atoms with Crippen LogP contribution in [0.2, 0.25) is 0 Å². The number of methoxy groups -OCH3 is 1. The zero-order valence-corrected chi connectivity index (χ0v) is 12.4. The lowest BCUT2D eigenvalue weighted by molar-refractivity contribution is 0.420. The molecule has 22 heavy (non-hydrogen) atoms. The Kier molecular flexibility index (Phi) is 3.05. The molecular weight excluding hydrogens is 268 g/mol. The average molecular weight is 284 g/mol. The van der Waals surface area contributed by atoms with Gasteiger partial charge in [-0.3, -0.25) is 0 Å². The van der Waals surface area contributed by atoms with Crippen molar-refractivity contribution in [2.24, 2.45) is 0 Å². The molecule has 0 saturated heterocycles. The second-order valence-electron chi connectivity index (χ2n) is 5.39. The minimum absolute atomic E-state index is 0.916. The molecule has 4 aromatic rings. The lowest BCUT2D eigenvalue weighted by Crippen LogP contribution is -1.88. The van der Waals surface area contributed by atoms with Gasteiger partial charge in [0, 0.05) is 5.39 Å². The molecule has 0 aliphatic rings. The van der Waals surface area contributed by atoms with Gasteiger partial charge in [-0.1, -0.05) is 72.8 Å². The fourth-order valence-electron chi connectivity index (χ4n) is 3.14. The molecule has 0 aliphatic carbocycles. The van der Waals surface area contributed by atoms with Gasteiger partial charge < -0.3 is 4.74 Å². The summed E-state index contributed by atoms with van der Waals surface area (Å²) in [6.07, 6.45) is 0. The highest BCUT2D eigenvalue weighted by Gasteiger charge is 2.10. The minimum atomic E-state index is 0.916. The Morgan fingerprint density at radius 3 is 2.00 bits per heavy atom. The van der Waals surface area contributed by atoms with Crippen molar-refractivity contribution in [3.8, 4) is 16.9 Å². The third-order valence-electron chi connectivity index (χ3n) is 4.18. The standard InChI is InChI=1S/C21H16O/c1-22-21-14-13-19(18-10-4-5-11-20(18)21)17-12-6-8-15-7-2-3-9-16(15)17/h2-14H,1H3. The molecule has 0 heterocycles. The smallest absolute Gasteiger partial charge is 0.126 e. The van der Waals surface area contributed by atoms with E-state index in [4.69, 9.17) is 4.74 Å². The van der Waals surface area contributed by atoms with Crippen molar-refractivity contribution >= 4 is 21.5 Å². The molecule has 0 fully saturated rings. The van der Waals surface area contributed by atoms with Gasteiger partial charge in [0.15, 0.2) is 0 Å². The molecule has 0 saturated carbocycles. The van der Waals surface area contributed by atoms with Crippen molar-refractivity contribution in [3.63, 3.8) is 0 Å². The first-order chi connectivity index (χ1) is 10.9. The van der Waals surface area contributed by atoms with Crippen LogP contribution in [0, 0.1) is 0 Å². The molecule has 1 nitrogen and oxygen atoms in total. The van der Waals surface area contributed by atoms with Gasteiger partial charge in [0.05, 0.1) is 7.11 Å². The van der Waals surface area contributed by atoms with Crippen molar-refractivity contribution in [1.29, 1.82) is 0 Å². The van der Waals surface area contributed by atoms with E-state index in [0.29, 0.717) is 0 Å². The van der Waals surface area contributed by atoms with Gasteiger partial charge in [0.2, 0.25) is 0 Å². The summed E-state index contributed by atoms with van der Waals surface area (Å²) < 4.78 is 5.51. The lowest BCUT2D eigenvalue weighted by atomic mass is 9.94. The highest BCUT2D eigenvalue weighted by molar-refractivity contribution is 6.06. The molecule has 0 radical (unpaired) electrons. The topological polar surface area (TPSA) is 9.23 Å². The first-order valence-corrected chi connectivity index (χ1v) is 7.42. The maximum absolute atomic E-state index is 5.51. The summed E-state index contributed by atoms with van der Waals surface area (Å²) in [5.41, 5.74) is 2.50. The molecule has 0 N–H and O–H groups in total. The number of hydrogen-bond acceptors (Lipinski definition) is 1. The van der Waals surface area contributed by atoms with E-state index in [1.54, 1.807) is 7.11 Å². The van der Waals surface area contributed by atoms with Crippen LogP contribution in [0.25, 0.3) is 32.7 Å². The Hall–Kier alpha value is -2.80. The van der Waals surface area contributed by atoms with Crippen LogP contribution >= 0.6 is 0 Å². The molecule has 0 unspecified atom stereocenters. The largest absolute Gasteiger partial charge is 0.496 e. The fourth-order valence-corrected chi connectivity index (χ4v) is 3.14. The third kappa shape index (κ3) is 1.94. The SMILES string of the molecule is COc1ccc(-c2cccc3ccccc23)c2ccccc12. The Morgan fingerprint density at radius 2 is 1.18 bits per heavy atom. The monoisotopic (exact) mass is 284 g/mol. The molecule has 106 valence electrons. The van der Waals surface area contributed by atoms with E-state index < -0.39 is 0 Å². The average Bonchev–Trinajstić information content (AvgIpc) is 2.60. The maximum atomic E-state index is 5.51. The van der Waals surface area contributed by atoms with E-state index in [0.717, 1.165) is 11.1 Å². The van der Waals surface area contributed by atoms with Gasteiger partial charge in [-0.15, -0.1) is 0 Å². The number of rotatable bonds is 2. The fraction of sp³-hybridized carbons (Fsp3) is 0.0476. The van der Waals surface area contributed by atoms with E-state index >= 15 is 0 Å². The summed E-state index contributed by atoms with van der Waals surface area (Å²) in [5.74, 6) is 0.916. The summed E-state index contributed by atoms with van der Waals surface area (Å²) >= 11 is 0. The van der Waals surface area contributed by atoms with Gasteiger partial charge in [-0.25, -0.2) is 0 Å². The van der Waals surface area contributed by atoms with Gasteiger partial charge in [0.25, 0.3) is 0 Å². The molecule has 0 aliphatic heterocycles. The Balaban J connectivity index is 2.09. The van der Waals surface area contributed by atoms with Crippen LogP contribution in [0.15, 0.2) is 78.9 Å². The molecule has 4 rings (SSSR count). The van der Waals surface area contributed by atoms with Crippen LogP contribution < -0.4 is 4.74 Å². The number of hydrogen-bond donors (Lipinski definition) is 0. The molecule has 0 amide bonds. The summed E-state index contributed by atoms with van der Waals surface area (Å²) in [5, 5.41) is 4.91. The Labute approximate surface area is 129 Å². The van der Waals surface area contributed by atoms with Crippen molar-refractivity contribution in [2.45, 2.75) is 0 Å². The highest BCUT2D eigenvalue weighted by atomic mass is 16.5. The maximum Gasteiger partial charge on any atom is 0.126 e. The second-order valence-corrected chi connectivity index (χ2v) is 5.39. The predicted octanol–water partition coefficient (Wildman–Crippen LogP) is 5.67. The van der Waals surface area contributed by atoms with Crippen LogP contribution in [0.4, 0.5) is 0 Å². The van der Waals surface area contributed by atoms with Crippen LogP contribution in [-0.4, -0.2) is 7.11 Å². The molecule has 0 aromatic heterocycles. The first kappa shape index (κ1) is 12.9. The number of fused-ring (bicyclic) bond motifs is 2. The molecule has 0 atom stereocenters. The molecule has 4 aromatic carbocycles. The molecular formula is C21H16O. The first-order valence-electron chi connectivity index (χ1n) is 7.42. The summed E-state index contributed by atoms with van der Waals surface area (Å²) in [6, 6.07) is 27.6. The zero-order chi connectivity index (χ0) is 14.9. The normalized spacial score (nSPS) is 11.0. The summed E-state index contributed by atoms with van der Waals surface area (Å²) in [7, 11) is 1.72. The molecule has 0 bridgehead atoms. The van der Waals surface area contributed by atoms with Gasteiger partial charge in [-0.05, 0) is 33.4 Å². The van der Waals surface area contributed by atoms with E-state index in [1.807, 2.05) is 0 Å². The van der Waals surface area contributed by atoms with Gasteiger partial charge in [-0.2, -0.15) is 0 Å². The van der Waals surface area contributed by atoms with Gasteiger partial charge >= 0.3 is 0 Å². The van der Waals surface area contributed by atoms with Gasteiger partial charge in [0.1, 0.15) is 5.75 Å². The van der Waals surface area contributed by atoms with E-state index in [-0.39, 0.29) is 0 Å². The van der Waals surface area contributed by atoms with Crippen molar-refractivity contribution in [2.75, 3.05) is 7.11 Å². The van der Waals surface area contributed by atoms with Crippen LogP contribution in [0.5, 0.6) is 5.75 Å². The number of benzene rings is 4. The van der Waals surface area contributed by atoms with E-state index in [2.05, 4.69) is 78.9 Å². The Bertz CT molecular complexity index is 964. The second kappa shape index (κ2) is 5.19. The van der Waals surface area contributed by atoms with Crippen LogP contribution in [-0.2, 0) is 0 Å².